The molecule has 2 amide bonds. The molecule has 0 aliphatic rings. The van der Waals surface area contributed by atoms with E-state index in [9.17, 15) is 9.59 Å². The summed E-state index contributed by atoms with van der Waals surface area (Å²) >= 11 is 5.11. The van der Waals surface area contributed by atoms with E-state index in [0.717, 1.165) is 0 Å². The highest BCUT2D eigenvalue weighted by Crippen LogP contribution is 2.14. The number of benzene rings is 2. The van der Waals surface area contributed by atoms with Crippen molar-refractivity contribution in [2.75, 3.05) is 11.9 Å². The Hall–Kier alpha value is -2.93. The molecule has 0 heterocycles. The van der Waals surface area contributed by atoms with Crippen molar-refractivity contribution in [1.29, 1.82) is 0 Å². The van der Waals surface area contributed by atoms with Crippen LogP contribution in [-0.2, 0) is 0 Å². The molecule has 24 heavy (non-hydrogen) atoms. The second-order valence-corrected chi connectivity index (χ2v) is 5.18. The average molecular weight is 343 g/mol. The van der Waals surface area contributed by atoms with E-state index in [1.807, 2.05) is 6.92 Å². The molecule has 4 N–H and O–H groups in total. The zero-order valence-electron chi connectivity index (χ0n) is 13.0. The number of thiocarbonyl (C=S) groups is 1. The third kappa shape index (κ3) is 4.53. The second-order valence-electron chi connectivity index (χ2n) is 4.78. The van der Waals surface area contributed by atoms with E-state index in [-0.39, 0.29) is 16.6 Å². The molecule has 6 nitrogen and oxygen atoms in total. The van der Waals surface area contributed by atoms with Crippen molar-refractivity contribution in [2.45, 2.75) is 6.92 Å². The van der Waals surface area contributed by atoms with Gasteiger partial charge in [0.2, 0.25) is 0 Å². The first kappa shape index (κ1) is 17.4. The number of hydrogen-bond donors (Lipinski definition) is 3. The molecule has 0 spiro atoms. The predicted molar refractivity (Wildman–Crippen MR) is 96.3 cm³/mol. The van der Waals surface area contributed by atoms with Crippen molar-refractivity contribution in [3.05, 3.63) is 59.7 Å². The molecule has 0 saturated heterocycles. The van der Waals surface area contributed by atoms with Crippen LogP contribution >= 0.6 is 12.2 Å². The van der Waals surface area contributed by atoms with Crippen LogP contribution in [0.1, 0.15) is 27.6 Å². The second kappa shape index (κ2) is 8.07. The van der Waals surface area contributed by atoms with Crippen molar-refractivity contribution in [3.63, 3.8) is 0 Å². The highest BCUT2D eigenvalue weighted by molar-refractivity contribution is 7.80. The number of anilines is 1. The number of amides is 2. The Labute approximate surface area is 145 Å². The third-order valence-electron chi connectivity index (χ3n) is 3.10. The first-order chi connectivity index (χ1) is 11.5. The topological polar surface area (TPSA) is 93.4 Å². The van der Waals surface area contributed by atoms with Crippen molar-refractivity contribution < 1.29 is 14.3 Å². The minimum Gasteiger partial charge on any atom is -0.494 e. The number of rotatable bonds is 5. The van der Waals surface area contributed by atoms with E-state index in [1.54, 1.807) is 48.5 Å². The van der Waals surface area contributed by atoms with Crippen LogP contribution in [0.15, 0.2) is 48.5 Å². The molecule has 0 saturated carbocycles. The van der Waals surface area contributed by atoms with Crippen molar-refractivity contribution in [2.24, 2.45) is 5.73 Å². The Bertz CT molecular complexity index is 760. The standard InChI is InChI=1S/C17H17N3O3S/c1-2-23-12-9-7-11(8-10-12)16(22)20-17(24)19-14-6-4-3-5-13(14)15(18)21/h3-10H,2H2,1H3,(H2,18,21)(H2,19,20,22,24). The Balaban J connectivity index is 2.02. The number of hydrogen-bond acceptors (Lipinski definition) is 4. The maximum Gasteiger partial charge on any atom is 0.257 e. The molecule has 2 rings (SSSR count). The molecule has 0 atom stereocenters. The molecule has 0 bridgehead atoms. The van der Waals surface area contributed by atoms with Gasteiger partial charge in [0.25, 0.3) is 11.8 Å². The lowest BCUT2D eigenvalue weighted by atomic mass is 10.1. The van der Waals surface area contributed by atoms with Gasteiger partial charge in [-0.25, -0.2) is 0 Å². The summed E-state index contributed by atoms with van der Waals surface area (Å²) in [7, 11) is 0. The van der Waals surface area contributed by atoms with Crippen molar-refractivity contribution >= 4 is 34.8 Å². The SMILES string of the molecule is CCOc1ccc(C(=O)NC(=S)Nc2ccccc2C(N)=O)cc1. The molecular weight excluding hydrogens is 326 g/mol. The lowest BCUT2D eigenvalue weighted by Crippen LogP contribution is -2.34. The van der Waals surface area contributed by atoms with Crippen molar-refractivity contribution in [3.8, 4) is 5.75 Å². The zero-order chi connectivity index (χ0) is 17.5. The summed E-state index contributed by atoms with van der Waals surface area (Å²) in [5.74, 6) is -0.268. The summed E-state index contributed by atoms with van der Waals surface area (Å²) in [5.41, 5.74) is 6.46. The number of carbonyl (C=O) groups is 2. The van der Waals surface area contributed by atoms with E-state index < -0.39 is 5.91 Å². The van der Waals surface area contributed by atoms with E-state index >= 15 is 0 Å². The number of primary amides is 1. The fraction of sp³-hybridized carbons (Fsp3) is 0.118. The van der Waals surface area contributed by atoms with Crippen LogP contribution in [0.2, 0.25) is 0 Å². The van der Waals surface area contributed by atoms with Crippen LogP contribution < -0.4 is 21.1 Å². The monoisotopic (exact) mass is 343 g/mol. The van der Waals surface area contributed by atoms with E-state index in [1.165, 1.54) is 0 Å². The van der Waals surface area contributed by atoms with Crippen LogP contribution in [0.4, 0.5) is 5.69 Å². The quantitative estimate of drug-likeness (QED) is 0.725. The summed E-state index contributed by atoms with van der Waals surface area (Å²) in [6.45, 7) is 2.44. The number of para-hydroxylation sites is 1. The minimum atomic E-state index is -0.585. The summed E-state index contributed by atoms with van der Waals surface area (Å²) in [4.78, 5) is 23.5. The fourth-order valence-corrected chi connectivity index (χ4v) is 2.21. The molecule has 0 aliphatic heterocycles. The molecule has 0 unspecified atom stereocenters. The highest BCUT2D eigenvalue weighted by atomic mass is 32.1. The van der Waals surface area contributed by atoms with Gasteiger partial charge in [-0.15, -0.1) is 0 Å². The predicted octanol–water partition coefficient (Wildman–Crippen LogP) is 2.31. The van der Waals surface area contributed by atoms with Gasteiger partial charge in [-0.05, 0) is 55.5 Å². The van der Waals surface area contributed by atoms with Gasteiger partial charge in [-0.2, -0.15) is 0 Å². The first-order valence-corrected chi connectivity index (χ1v) is 7.66. The van der Waals surface area contributed by atoms with Gasteiger partial charge >= 0.3 is 0 Å². The average Bonchev–Trinajstić information content (AvgIpc) is 2.56. The maximum absolute atomic E-state index is 12.2. The third-order valence-corrected chi connectivity index (χ3v) is 3.30. The van der Waals surface area contributed by atoms with Gasteiger partial charge in [0.15, 0.2) is 5.11 Å². The fourth-order valence-electron chi connectivity index (χ4n) is 2.01. The Morgan fingerprint density at radius 2 is 1.79 bits per heavy atom. The summed E-state index contributed by atoms with van der Waals surface area (Å²) in [5, 5.41) is 5.42. The molecule has 0 fully saturated rings. The molecule has 7 heteroatoms. The summed E-state index contributed by atoms with van der Waals surface area (Å²) in [6, 6.07) is 13.3. The molecule has 0 aliphatic carbocycles. The van der Waals surface area contributed by atoms with E-state index in [2.05, 4.69) is 10.6 Å². The Morgan fingerprint density at radius 3 is 2.42 bits per heavy atom. The molecule has 124 valence electrons. The lowest BCUT2D eigenvalue weighted by Gasteiger charge is -2.12. The number of ether oxygens (including phenoxy) is 1. The highest BCUT2D eigenvalue weighted by Gasteiger charge is 2.11. The Morgan fingerprint density at radius 1 is 1.12 bits per heavy atom. The zero-order valence-corrected chi connectivity index (χ0v) is 13.9. The Kier molecular flexibility index (Phi) is 5.86. The van der Waals surface area contributed by atoms with Gasteiger partial charge < -0.3 is 15.8 Å². The van der Waals surface area contributed by atoms with Gasteiger partial charge in [-0.3, -0.25) is 14.9 Å². The number of nitrogens with one attached hydrogen (secondary N) is 2. The molecular formula is C17H17N3O3S. The molecule has 0 radical (unpaired) electrons. The van der Waals surface area contributed by atoms with Crippen LogP contribution in [0.25, 0.3) is 0 Å². The van der Waals surface area contributed by atoms with E-state index in [4.69, 9.17) is 22.7 Å². The minimum absolute atomic E-state index is 0.0718. The van der Waals surface area contributed by atoms with Gasteiger partial charge in [-0.1, -0.05) is 12.1 Å². The van der Waals surface area contributed by atoms with Crippen LogP contribution in [0, 0.1) is 0 Å². The van der Waals surface area contributed by atoms with Gasteiger partial charge in [0.05, 0.1) is 17.9 Å². The summed E-state index contributed by atoms with van der Waals surface area (Å²) in [6.07, 6.45) is 0. The number of carbonyl (C=O) groups excluding carboxylic acids is 2. The lowest BCUT2D eigenvalue weighted by molar-refractivity contribution is 0.0975. The van der Waals surface area contributed by atoms with Crippen LogP contribution in [-0.4, -0.2) is 23.5 Å². The molecule has 2 aromatic rings. The van der Waals surface area contributed by atoms with Crippen LogP contribution in [0.3, 0.4) is 0 Å². The maximum atomic E-state index is 12.2. The van der Waals surface area contributed by atoms with Gasteiger partial charge in [0, 0.05) is 5.56 Å². The van der Waals surface area contributed by atoms with Gasteiger partial charge in [0.1, 0.15) is 5.75 Å². The summed E-state index contributed by atoms with van der Waals surface area (Å²) < 4.78 is 5.32. The molecule has 2 aromatic carbocycles. The molecule has 0 aromatic heterocycles. The van der Waals surface area contributed by atoms with E-state index in [0.29, 0.717) is 23.6 Å². The number of nitrogens with two attached hydrogens (primary N) is 1. The smallest absolute Gasteiger partial charge is 0.257 e. The van der Waals surface area contributed by atoms with Crippen molar-refractivity contribution in [1.82, 2.24) is 5.32 Å². The first-order valence-electron chi connectivity index (χ1n) is 7.25. The van der Waals surface area contributed by atoms with Crippen LogP contribution in [0.5, 0.6) is 5.75 Å². The normalized spacial score (nSPS) is 9.88. The largest absolute Gasteiger partial charge is 0.494 e.